The van der Waals surface area contributed by atoms with Gasteiger partial charge < -0.3 is 0 Å². The van der Waals surface area contributed by atoms with Crippen molar-refractivity contribution in [3.05, 3.63) is 115 Å². The molecule has 3 aromatic carbocycles. The monoisotopic (exact) mass is 322 g/mol. The summed E-state index contributed by atoms with van der Waals surface area (Å²) in [6, 6.07) is 25.8. The first-order valence-corrected chi connectivity index (χ1v) is 8.44. The van der Waals surface area contributed by atoms with Crippen molar-refractivity contribution in [1.29, 1.82) is 0 Å². The van der Waals surface area contributed by atoms with Crippen LogP contribution in [0.3, 0.4) is 0 Å². The molecule has 0 heterocycles. The van der Waals surface area contributed by atoms with Crippen molar-refractivity contribution in [3.8, 4) is 22.3 Å². The minimum absolute atomic E-state index is 1.07. The molecule has 0 radical (unpaired) electrons. The maximum absolute atomic E-state index is 3.96. The molecule has 3 rings (SSSR count). The highest BCUT2D eigenvalue weighted by molar-refractivity contribution is 5.83. The van der Waals surface area contributed by atoms with Crippen LogP contribution in [0.25, 0.3) is 27.8 Å². The number of aryl methyl sites for hydroxylation is 1. The summed E-state index contributed by atoms with van der Waals surface area (Å²) in [5.41, 5.74) is 8.31. The van der Waals surface area contributed by atoms with E-state index in [2.05, 4.69) is 86.8 Å². The van der Waals surface area contributed by atoms with E-state index < -0.39 is 0 Å². The van der Waals surface area contributed by atoms with Crippen LogP contribution in [-0.2, 0) is 0 Å². The highest BCUT2D eigenvalue weighted by Crippen LogP contribution is 2.31. The summed E-state index contributed by atoms with van der Waals surface area (Å²) in [6.45, 7) is 9.90. The largest absolute Gasteiger partial charge is 0.0990 e. The Balaban J connectivity index is 2.23. The van der Waals surface area contributed by atoms with Gasteiger partial charge in [0.2, 0.25) is 0 Å². The Labute approximate surface area is 150 Å². The molecule has 0 nitrogen and oxygen atoms in total. The maximum atomic E-state index is 3.96. The Bertz CT molecular complexity index is 927. The molecular weight excluding hydrogens is 300 g/mol. The third-order valence-electron chi connectivity index (χ3n) is 4.24. The Morgan fingerprint density at radius 3 is 2.04 bits per heavy atom. The fourth-order valence-electron chi connectivity index (χ4n) is 2.99. The molecule has 0 atom stereocenters. The lowest BCUT2D eigenvalue weighted by Gasteiger charge is -2.12. The topological polar surface area (TPSA) is 0 Å². The zero-order valence-electron chi connectivity index (χ0n) is 14.6. The molecule has 0 aromatic heterocycles. The number of hydrogen-bond acceptors (Lipinski definition) is 0. The molecule has 0 aliphatic carbocycles. The Kier molecular flexibility index (Phi) is 5.11. The van der Waals surface area contributed by atoms with E-state index in [-0.39, 0.29) is 0 Å². The summed E-state index contributed by atoms with van der Waals surface area (Å²) in [6.07, 6.45) is 5.68. The van der Waals surface area contributed by atoms with Gasteiger partial charge in [-0.05, 0) is 58.5 Å². The molecular formula is C25H22. The average molecular weight is 322 g/mol. The Morgan fingerprint density at radius 1 is 0.720 bits per heavy atom. The smallest absolute Gasteiger partial charge is 0.0172 e. The molecule has 0 aliphatic rings. The minimum Gasteiger partial charge on any atom is -0.0990 e. The molecule has 0 spiro atoms. The molecule has 0 unspecified atom stereocenters. The van der Waals surface area contributed by atoms with E-state index in [4.69, 9.17) is 0 Å². The lowest BCUT2D eigenvalue weighted by atomic mass is 9.92. The van der Waals surface area contributed by atoms with Gasteiger partial charge in [0.25, 0.3) is 0 Å². The van der Waals surface area contributed by atoms with Crippen LogP contribution in [0, 0.1) is 6.92 Å². The minimum atomic E-state index is 1.07. The van der Waals surface area contributed by atoms with E-state index in [0.29, 0.717) is 0 Å². The zero-order chi connectivity index (χ0) is 17.6. The summed E-state index contributed by atoms with van der Waals surface area (Å²) >= 11 is 0. The second-order valence-corrected chi connectivity index (χ2v) is 6.10. The van der Waals surface area contributed by atoms with Gasteiger partial charge in [0.1, 0.15) is 0 Å². The van der Waals surface area contributed by atoms with E-state index in [9.17, 15) is 0 Å². The van der Waals surface area contributed by atoms with Crippen molar-refractivity contribution >= 4 is 5.57 Å². The van der Waals surface area contributed by atoms with Gasteiger partial charge in [-0.15, -0.1) is 0 Å². The van der Waals surface area contributed by atoms with Crippen molar-refractivity contribution in [2.24, 2.45) is 0 Å². The van der Waals surface area contributed by atoms with E-state index in [1.54, 1.807) is 6.08 Å². The molecule has 25 heavy (non-hydrogen) atoms. The van der Waals surface area contributed by atoms with Gasteiger partial charge in [-0.2, -0.15) is 0 Å². The molecule has 0 amide bonds. The standard InChI is InChI=1S/C25H22/c1-4-10-20(5-2)23-16-24(21-12-7-6-8-13-21)18-25(17-23)22-14-9-11-19(3)15-22/h4-18H,1-2H2,3H3/b20-10+. The lowest BCUT2D eigenvalue weighted by Crippen LogP contribution is -1.88. The zero-order valence-corrected chi connectivity index (χ0v) is 14.6. The second kappa shape index (κ2) is 7.63. The highest BCUT2D eigenvalue weighted by Gasteiger charge is 2.07. The van der Waals surface area contributed by atoms with Crippen LogP contribution in [0.15, 0.2) is 104 Å². The first kappa shape index (κ1) is 16.7. The van der Waals surface area contributed by atoms with Crippen LogP contribution in [0.5, 0.6) is 0 Å². The van der Waals surface area contributed by atoms with Crippen molar-refractivity contribution in [3.63, 3.8) is 0 Å². The van der Waals surface area contributed by atoms with Crippen LogP contribution in [0.1, 0.15) is 11.1 Å². The maximum Gasteiger partial charge on any atom is -0.0172 e. The Morgan fingerprint density at radius 2 is 1.40 bits per heavy atom. The average Bonchev–Trinajstić information content (AvgIpc) is 2.66. The predicted molar refractivity (Wildman–Crippen MR) is 110 cm³/mol. The van der Waals surface area contributed by atoms with E-state index >= 15 is 0 Å². The predicted octanol–water partition coefficient (Wildman–Crippen LogP) is 7.08. The second-order valence-electron chi connectivity index (χ2n) is 6.10. The Hall–Kier alpha value is -3.12. The highest BCUT2D eigenvalue weighted by atomic mass is 14.1. The lowest BCUT2D eigenvalue weighted by molar-refractivity contribution is 1.46. The molecule has 3 aromatic rings. The number of allylic oxidation sites excluding steroid dienone is 4. The van der Waals surface area contributed by atoms with Crippen molar-refractivity contribution in [2.75, 3.05) is 0 Å². The molecule has 0 saturated carbocycles. The summed E-state index contributed by atoms with van der Waals surface area (Å²) in [5, 5.41) is 0. The third kappa shape index (κ3) is 3.87. The molecule has 0 heteroatoms. The van der Waals surface area contributed by atoms with Crippen molar-refractivity contribution < 1.29 is 0 Å². The molecule has 122 valence electrons. The molecule has 0 bridgehead atoms. The quantitative estimate of drug-likeness (QED) is 0.440. The van der Waals surface area contributed by atoms with E-state index in [1.165, 1.54) is 27.8 Å². The number of benzene rings is 3. The summed E-state index contributed by atoms with van der Waals surface area (Å²) in [5.74, 6) is 0. The van der Waals surface area contributed by atoms with Crippen LogP contribution in [0.2, 0.25) is 0 Å². The van der Waals surface area contributed by atoms with Crippen molar-refractivity contribution in [2.45, 2.75) is 6.92 Å². The fraction of sp³-hybridized carbons (Fsp3) is 0.0400. The van der Waals surface area contributed by atoms with Gasteiger partial charge in [0.05, 0.1) is 0 Å². The first-order valence-electron chi connectivity index (χ1n) is 8.44. The molecule has 0 saturated heterocycles. The number of hydrogen-bond donors (Lipinski definition) is 0. The number of rotatable bonds is 5. The normalized spacial score (nSPS) is 11.2. The molecule has 0 aliphatic heterocycles. The fourth-order valence-corrected chi connectivity index (χ4v) is 2.99. The van der Waals surface area contributed by atoms with Gasteiger partial charge in [-0.25, -0.2) is 0 Å². The molecule has 0 fully saturated rings. The van der Waals surface area contributed by atoms with Gasteiger partial charge >= 0.3 is 0 Å². The van der Waals surface area contributed by atoms with Crippen LogP contribution >= 0.6 is 0 Å². The van der Waals surface area contributed by atoms with Gasteiger partial charge in [0, 0.05) is 0 Å². The summed E-state index contributed by atoms with van der Waals surface area (Å²) < 4.78 is 0. The first-order chi connectivity index (χ1) is 12.2. The summed E-state index contributed by atoms with van der Waals surface area (Å²) in [7, 11) is 0. The van der Waals surface area contributed by atoms with Gasteiger partial charge in [-0.1, -0.05) is 91.5 Å². The van der Waals surface area contributed by atoms with E-state index in [1.807, 2.05) is 18.2 Å². The summed E-state index contributed by atoms with van der Waals surface area (Å²) in [4.78, 5) is 0. The third-order valence-corrected chi connectivity index (χ3v) is 4.24. The van der Waals surface area contributed by atoms with Gasteiger partial charge in [-0.3, -0.25) is 0 Å². The molecule has 0 N–H and O–H groups in total. The van der Waals surface area contributed by atoms with Crippen LogP contribution in [-0.4, -0.2) is 0 Å². The van der Waals surface area contributed by atoms with Crippen LogP contribution < -0.4 is 0 Å². The van der Waals surface area contributed by atoms with Gasteiger partial charge in [0.15, 0.2) is 0 Å². The SMILES string of the molecule is C=C/C=C(\C=C)c1cc(-c2ccccc2)cc(-c2cccc(C)c2)c1. The van der Waals surface area contributed by atoms with Crippen LogP contribution in [0.4, 0.5) is 0 Å². The van der Waals surface area contributed by atoms with E-state index in [0.717, 1.165) is 11.1 Å². The van der Waals surface area contributed by atoms with Crippen molar-refractivity contribution in [1.82, 2.24) is 0 Å².